The van der Waals surface area contributed by atoms with Crippen molar-refractivity contribution in [1.29, 1.82) is 5.26 Å². The van der Waals surface area contributed by atoms with E-state index in [2.05, 4.69) is 6.07 Å². The Kier molecular flexibility index (Phi) is 3.74. The molecule has 0 saturated carbocycles. The van der Waals surface area contributed by atoms with Crippen LogP contribution in [0.4, 0.5) is 4.11 Å². The van der Waals surface area contributed by atoms with Gasteiger partial charge in [0.25, 0.3) is 8.41 Å². The zero-order chi connectivity index (χ0) is 9.07. The van der Waals surface area contributed by atoms with E-state index in [1.54, 1.807) is 13.1 Å². The van der Waals surface area contributed by atoms with Crippen LogP contribution in [0.3, 0.4) is 0 Å². The van der Waals surface area contributed by atoms with Crippen LogP contribution < -0.4 is 0 Å². The molecule has 0 saturated heterocycles. The largest absolute Gasteiger partial charge is 0.313 e. The first kappa shape index (κ1) is 10.6. The number of hydrogen-bond acceptors (Lipinski definition) is 1. The van der Waals surface area contributed by atoms with Crippen LogP contribution in [0.15, 0.2) is 0 Å². The van der Waals surface area contributed by atoms with Crippen molar-refractivity contribution in [2.75, 3.05) is 0 Å². The third kappa shape index (κ3) is 3.02. The molecule has 2 atom stereocenters. The summed E-state index contributed by atoms with van der Waals surface area (Å²) in [7, 11) is -2.73. The molecule has 0 aliphatic rings. The molecule has 0 heterocycles. The standard InChI is InChI=1S/C8H16FNSi/c1-5-7(2)8(6-10)11(3,4)9/h7-8H,5H2,1-4H3. The smallest absolute Gasteiger partial charge is 0.258 e. The fourth-order valence-corrected chi connectivity index (χ4v) is 3.09. The predicted molar refractivity (Wildman–Crippen MR) is 47.4 cm³/mol. The van der Waals surface area contributed by atoms with E-state index < -0.39 is 8.41 Å². The van der Waals surface area contributed by atoms with Crippen LogP contribution in [0, 0.1) is 17.2 Å². The lowest BCUT2D eigenvalue weighted by molar-refractivity contribution is 0.540. The molecule has 0 radical (unpaired) electrons. The highest BCUT2D eigenvalue weighted by atomic mass is 28.4. The first-order valence-corrected chi connectivity index (χ1v) is 6.97. The van der Waals surface area contributed by atoms with Gasteiger partial charge in [0, 0.05) is 0 Å². The van der Waals surface area contributed by atoms with Crippen molar-refractivity contribution >= 4 is 8.41 Å². The summed E-state index contributed by atoms with van der Waals surface area (Å²) in [6, 6.07) is 2.08. The average Bonchev–Trinajstić information content (AvgIpc) is 1.86. The normalized spacial score (nSPS) is 17.1. The molecule has 3 heteroatoms. The maximum atomic E-state index is 13.4. The number of hydrogen-bond donors (Lipinski definition) is 0. The molecule has 0 aliphatic heterocycles. The molecule has 2 unspecified atom stereocenters. The van der Waals surface area contributed by atoms with Crippen molar-refractivity contribution in [3.63, 3.8) is 0 Å². The van der Waals surface area contributed by atoms with Crippen LogP contribution in [0.1, 0.15) is 20.3 Å². The van der Waals surface area contributed by atoms with Gasteiger partial charge in [0.2, 0.25) is 0 Å². The highest BCUT2D eigenvalue weighted by molar-refractivity contribution is 6.72. The average molecular weight is 173 g/mol. The molecule has 0 aromatic rings. The molecule has 0 aromatic carbocycles. The Morgan fingerprint density at radius 2 is 2.00 bits per heavy atom. The number of nitrogens with zero attached hydrogens (tertiary/aromatic N) is 1. The maximum Gasteiger partial charge on any atom is 0.258 e. The zero-order valence-electron chi connectivity index (χ0n) is 7.69. The van der Waals surface area contributed by atoms with Gasteiger partial charge in [-0.15, -0.1) is 0 Å². The Balaban J connectivity index is 4.32. The zero-order valence-corrected chi connectivity index (χ0v) is 8.69. The SMILES string of the molecule is CCC(C)C(C#N)[Si](C)(C)F. The van der Waals surface area contributed by atoms with Crippen molar-refractivity contribution in [3.8, 4) is 6.07 Å². The van der Waals surface area contributed by atoms with Crippen LogP contribution >= 0.6 is 0 Å². The molecule has 0 aromatic heterocycles. The Bertz CT molecular complexity index is 156. The van der Waals surface area contributed by atoms with E-state index in [9.17, 15) is 4.11 Å². The number of halogens is 1. The van der Waals surface area contributed by atoms with Crippen molar-refractivity contribution < 1.29 is 4.11 Å². The van der Waals surface area contributed by atoms with Crippen LogP contribution in [-0.2, 0) is 0 Å². The third-order valence-corrected chi connectivity index (χ3v) is 4.27. The minimum Gasteiger partial charge on any atom is -0.313 e. The maximum absolute atomic E-state index is 13.4. The lowest BCUT2D eigenvalue weighted by Crippen LogP contribution is -2.30. The van der Waals surface area contributed by atoms with Gasteiger partial charge in [-0.25, -0.2) is 0 Å². The number of nitriles is 1. The molecule has 1 nitrogen and oxygen atoms in total. The molecule has 0 aliphatic carbocycles. The topological polar surface area (TPSA) is 23.8 Å². The van der Waals surface area contributed by atoms with Gasteiger partial charge in [-0.3, -0.25) is 0 Å². The first-order valence-electron chi connectivity index (χ1n) is 4.02. The highest BCUT2D eigenvalue weighted by Gasteiger charge is 2.36. The van der Waals surface area contributed by atoms with Gasteiger partial charge in [-0.1, -0.05) is 20.3 Å². The second kappa shape index (κ2) is 3.87. The van der Waals surface area contributed by atoms with Crippen molar-refractivity contribution in [1.82, 2.24) is 0 Å². The van der Waals surface area contributed by atoms with Gasteiger partial charge in [0.1, 0.15) is 0 Å². The van der Waals surface area contributed by atoms with Crippen molar-refractivity contribution in [2.45, 2.75) is 38.9 Å². The van der Waals surface area contributed by atoms with Crippen LogP contribution in [0.2, 0.25) is 18.6 Å². The van der Waals surface area contributed by atoms with Crippen molar-refractivity contribution in [3.05, 3.63) is 0 Å². The van der Waals surface area contributed by atoms with E-state index in [4.69, 9.17) is 5.26 Å². The summed E-state index contributed by atoms with van der Waals surface area (Å²) >= 11 is 0. The fourth-order valence-electron chi connectivity index (χ4n) is 1.19. The van der Waals surface area contributed by atoms with E-state index in [1.807, 2.05) is 13.8 Å². The summed E-state index contributed by atoms with van der Waals surface area (Å²) in [5, 5.41) is 8.71. The second-order valence-corrected chi connectivity index (χ2v) is 7.31. The van der Waals surface area contributed by atoms with Crippen LogP contribution in [0.25, 0.3) is 0 Å². The Morgan fingerprint density at radius 1 is 1.55 bits per heavy atom. The Labute approximate surface area is 69.4 Å². The van der Waals surface area contributed by atoms with Crippen LogP contribution in [-0.4, -0.2) is 8.41 Å². The molecule has 0 amide bonds. The Morgan fingerprint density at radius 3 is 2.09 bits per heavy atom. The molecule has 0 N–H and O–H groups in total. The minimum atomic E-state index is -2.73. The Hall–Kier alpha value is -0.363. The summed E-state index contributed by atoms with van der Waals surface area (Å²) in [5.41, 5.74) is -0.340. The fraction of sp³-hybridized carbons (Fsp3) is 0.875. The summed E-state index contributed by atoms with van der Waals surface area (Å²) in [6.45, 7) is 7.15. The number of rotatable bonds is 3. The van der Waals surface area contributed by atoms with E-state index in [1.165, 1.54) is 0 Å². The molecule has 0 spiro atoms. The van der Waals surface area contributed by atoms with Gasteiger partial charge >= 0.3 is 0 Å². The monoisotopic (exact) mass is 173 g/mol. The second-order valence-electron chi connectivity index (χ2n) is 3.56. The summed E-state index contributed by atoms with van der Waals surface area (Å²) < 4.78 is 13.4. The van der Waals surface area contributed by atoms with Gasteiger partial charge in [-0.05, 0) is 19.0 Å². The molecule has 0 bridgehead atoms. The van der Waals surface area contributed by atoms with E-state index >= 15 is 0 Å². The molecule has 0 rings (SSSR count). The molecule has 11 heavy (non-hydrogen) atoms. The van der Waals surface area contributed by atoms with E-state index in [0.717, 1.165) is 6.42 Å². The van der Waals surface area contributed by atoms with E-state index in [-0.39, 0.29) is 11.5 Å². The molecule has 0 fully saturated rings. The molecular weight excluding hydrogens is 157 g/mol. The van der Waals surface area contributed by atoms with Gasteiger partial charge < -0.3 is 4.11 Å². The van der Waals surface area contributed by atoms with Gasteiger partial charge in [0.15, 0.2) is 0 Å². The summed E-state index contributed by atoms with van der Waals surface area (Å²) in [5.74, 6) is 0.201. The summed E-state index contributed by atoms with van der Waals surface area (Å²) in [4.78, 5) is 0. The molecule has 64 valence electrons. The van der Waals surface area contributed by atoms with Gasteiger partial charge in [0.05, 0.1) is 11.6 Å². The highest BCUT2D eigenvalue weighted by Crippen LogP contribution is 2.31. The summed E-state index contributed by atoms with van der Waals surface area (Å²) in [6.07, 6.45) is 0.887. The first-order chi connectivity index (χ1) is 4.93. The lowest BCUT2D eigenvalue weighted by Gasteiger charge is -2.22. The van der Waals surface area contributed by atoms with Crippen molar-refractivity contribution in [2.24, 2.45) is 5.92 Å². The van der Waals surface area contributed by atoms with Crippen LogP contribution in [0.5, 0.6) is 0 Å². The third-order valence-electron chi connectivity index (χ3n) is 2.09. The molecular formula is C8H16FNSi. The predicted octanol–water partition coefficient (Wildman–Crippen LogP) is 3.10. The lowest BCUT2D eigenvalue weighted by atomic mass is 10.1. The van der Waals surface area contributed by atoms with E-state index in [0.29, 0.717) is 0 Å². The minimum absolute atomic E-state index is 0.201. The van der Waals surface area contributed by atoms with Gasteiger partial charge in [-0.2, -0.15) is 5.26 Å². The quantitative estimate of drug-likeness (QED) is 0.475.